The minimum absolute atomic E-state index is 0.0879. The zero-order chi connectivity index (χ0) is 21.2. The number of thiocarbonyl (C=S) groups is 1. The maximum atomic E-state index is 6.05. The van der Waals surface area contributed by atoms with Gasteiger partial charge in [-0.2, -0.15) is 0 Å². The van der Waals surface area contributed by atoms with Gasteiger partial charge in [0.2, 0.25) is 0 Å². The quantitative estimate of drug-likeness (QED) is 0.456. The molecule has 0 aliphatic carbocycles. The Morgan fingerprint density at radius 3 is 2.65 bits per heavy atom. The van der Waals surface area contributed by atoms with Crippen molar-refractivity contribution in [3.05, 3.63) is 108 Å². The van der Waals surface area contributed by atoms with Crippen molar-refractivity contribution in [2.45, 2.75) is 18.6 Å². The Balaban J connectivity index is 1.60. The molecule has 0 aromatic carbocycles. The fourth-order valence-corrected chi connectivity index (χ4v) is 4.36. The molecule has 1 fully saturated rings. The average Bonchev–Trinajstić information content (AvgIpc) is 3.40. The van der Waals surface area contributed by atoms with Crippen molar-refractivity contribution in [1.82, 2.24) is 29.7 Å². The summed E-state index contributed by atoms with van der Waals surface area (Å²) < 4.78 is 2.07. The van der Waals surface area contributed by atoms with Crippen LogP contribution < -0.4 is 5.32 Å². The highest BCUT2D eigenvalue weighted by Crippen LogP contribution is 2.40. The lowest BCUT2D eigenvalue weighted by molar-refractivity contribution is 0.302. The van der Waals surface area contributed by atoms with E-state index >= 15 is 0 Å². The van der Waals surface area contributed by atoms with Crippen LogP contribution in [0.1, 0.15) is 29.0 Å². The average molecular weight is 447 g/mol. The number of aromatic nitrogens is 4. The molecule has 4 aromatic rings. The van der Waals surface area contributed by atoms with Gasteiger partial charge in [0.15, 0.2) is 5.11 Å². The normalized spacial score (nSPS) is 18.2. The van der Waals surface area contributed by atoms with E-state index in [-0.39, 0.29) is 12.1 Å². The summed E-state index contributed by atoms with van der Waals surface area (Å²) in [5.74, 6) is 0.795. The molecule has 5 heterocycles. The van der Waals surface area contributed by atoms with E-state index in [4.69, 9.17) is 23.8 Å². The Labute approximate surface area is 190 Å². The molecule has 0 radical (unpaired) electrons. The molecule has 0 unspecified atom stereocenters. The summed E-state index contributed by atoms with van der Waals surface area (Å²) in [6, 6.07) is 17.6. The van der Waals surface area contributed by atoms with Gasteiger partial charge < -0.3 is 14.8 Å². The molecule has 2 atom stereocenters. The molecule has 0 amide bonds. The fourth-order valence-electron chi connectivity index (χ4n) is 3.94. The molecule has 154 valence electrons. The Kier molecular flexibility index (Phi) is 5.36. The molecule has 5 rings (SSSR count). The van der Waals surface area contributed by atoms with Gasteiger partial charge in [0, 0.05) is 43.2 Å². The lowest BCUT2D eigenvalue weighted by Crippen LogP contribution is -2.30. The third kappa shape index (κ3) is 3.89. The first-order chi connectivity index (χ1) is 15.2. The number of rotatable bonds is 5. The van der Waals surface area contributed by atoms with Gasteiger partial charge in [-0.05, 0) is 60.2 Å². The predicted octanol–water partition coefficient (Wildman–Crippen LogP) is 4.49. The SMILES string of the molecule is S=C1N[C@@H](c2ccccn2)[C@@H](c2cccn2-c2ccc(Cl)cn2)N1Cc1cccnc1. The molecule has 4 aromatic heterocycles. The van der Waals surface area contributed by atoms with Gasteiger partial charge in [-0.15, -0.1) is 0 Å². The van der Waals surface area contributed by atoms with Crippen LogP contribution in [0.15, 0.2) is 85.6 Å². The number of nitrogens with zero attached hydrogens (tertiary/aromatic N) is 5. The van der Waals surface area contributed by atoms with Crippen LogP contribution in [0.25, 0.3) is 5.82 Å². The van der Waals surface area contributed by atoms with Gasteiger partial charge >= 0.3 is 0 Å². The number of halogens is 1. The molecule has 1 N–H and O–H groups in total. The minimum atomic E-state index is -0.105. The first kappa shape index (κ1) is 19.7. The predicted molar refractivity (Wildman–Crippen MR) is 124 cm³/mol. The van der Waals surface area contributed by atoms with Crippen LogP contribution in [0.3, 0.4) is 0 Å². The van der Waals surface area contributed by atoms with E-state index in [1.165, 1.54) is 0 Å². The monoisotopic (exact) mass is 446 g/mol. The summed E-state index contributed by atoms with van der Waals surface area (Å²) >= 11 is 11.8. The van der Waals surface area contributed by atoms with Crippen LogP contribution in [-0.4, -0.2) is 29.5 Å². The van der Waals surface area contributed by atoms with E-state index in [2.05, 4.69) is 41.9 Å². The molecular weight excluding hydrogens is 428 g/mol. The van der Waals surface area contributed by atoms with E-state index in [1.54, 1.807) is 18.6 Å². The maximum Gasteiger partial charge on any atom is 0.170 e. The summed E-state index contributed by atoms with van der Waals surface area (Å²) in [6.45, 7) is 0.632. The van der Waals surface area contributed by atoms with Crippen molar-refractivity contribution in [2.24, 2.45) is 0 Å². The summed E-state index contributed by atoms with van der Waals surface area (Å²) in [5, 5.41) is 4.77. The molecule has 31 heavy (non-hydrogen) atoms. The maximum absolute atomic E-state index is 6.05. The van der Waals surface area contributed by atoms with Crippen molar-refractivity contribution in [2.75, 3.05) is 0 Å². The molecule has 0 saturated carbocycles. The number of nitrogens with one attached hydrogen (secondary N) is 1. The second-order valence-corrected chi connectivity index (χ2v) is 8.08. The molecule has 1 aliphatic rings. The van der Waals surface area contributed by atoms with Crippen molar-refractivity contribution in [3.63, 3.8) is 0 Å². The Morgan fingerprint density at radius 2 is 1.90 bits per heavy atom. The van der Waals surface area contributed by atoms with Crippen molar-refractivity contribution >= 4 is 28.9 Å². The molecule has 1 saturated heterocycles. The highest BCUT2D eigenvalue weighted by atomic mass is 35.5. The molecule has 1 aliphatic heterocycles. The summed E-state index contributed by atoms with van der Waals surface area (Å²) in [7, 11) is 0. The molecule has 0 bridgehead atoms. The van der Waals surface area contributed by atoms with Gasteiger partial charge in [0.25, 0.3) is 0 Å². The molecule has 0 spiro atoms. The summed E-state index contributed by atoms with van der Waals surface area (Å²) in [4.78, 5) is 15.6. The van der Waals surface area contributed by atoms with E-state index in [1.807, 2.05) is 54.9 Å². The third-order valence-corrected chi connectivity index (χ3v) is 5.89. The van der Waals surface area contributed by atoms with Crippen LogP contribution in [0.2, 0.25) is 5.02 Å². The lowest BCUT2D eigenvalue weighted by atomic mass is 10.0. The van der Waals surface area contributed by atoms with E-state index in [9.17, 15) is 0 Å². The van der Waals surface area contributed by atoms with Gasteiger partial charge in [0.05, 0.1) is 22.8 Å². The fraction of sp³-hybridized carbons (Fsp3) is 0.130. The van der Waals surface area contributed by atoms with Crippen LogP contribution >= 0.6 is 23.8 Å². The summed E-state index contributed by atoms with van der Waals surface area (Å²) in [5.41, 5.74) is 3.07. The zero-order valence-electron chi connectivity index (χ0n) is 16.5. The standard InChI is InChI=1S/C23H19ClN6S/c24-17-8-9-20(27-14-17)29-12-4-7-19(29)22-21(18-6-1-2-11-26-18)28-23(31)30(22)15-16-5-3-10-25-13-16/h1-14,21-22H,15H2,(H,28,31)/t21-,22+/m0/s1. The largest absolute Gasteiger partial charge is 0.352 e. The van der Waals surface area contributed by atoms with Crippen molar-refractivity contribution in [3.8, 4) is 5.82 Å². The van der Waals surface area contributed by atoms with Gasteiger partial charge in [-0.25, -0.2) is 4.98 Å². The van der Waals surface area contributed by atoms with Gasteiger partial charge in [-0.3, -0.25) is 9.97 Å². The number of hydrogen-bond acceptors (Lipinski definition) is 4. The van der Waals surface area contributed by atoms with E-state index < -0.39 is 0 Å². The smallest absolute Gasteiger partial charge is 0.170 e. The van der Waals surface area contributed by atoms with Gasteiger partial charge in [0.1, 0.15) is 5.82 Å². The second-order valence-electron chi connectivity index (χ2n) is 7.25. The van der Waals surface area contributed by atoms with Crippen LogP contribution in [0.4, 0.5) is 0 Å². The summed E-state index contributed by atoms with van der Waals surface area (Å²) in [6.07, 6.45) is 9.11. The highest BCUT2D eigenvalue weighted by molar-refractivity contribution is 7.80. The van der Waals surface area contributed by atoms with Crippen molar-refractivity contribution in [1.29, 1.82) is 0 Å². The topological polar surface area (TPSA) is 58.9 Å². The highest BCUT2D eigenvalue weighted by Gasteiger charge is 2.41. The van der Waals surface area contributed by atoms with Crippen LogP contribution in [-0.2, 0) is 6.54 Å². The third-order valence-electron chi connectivity index (χ3n) is 5.32. The minimum Gasteiger partial charge on any atom is -0.352 e. The Morgan fingerprint density at radius 1 is 0.968 bits per heavy atom. The number of pyridine rings is 3. The van der Waals surface area contributed by atoms with Crippen molar-refractivity contribution < 1.29 is 0 Å². The number of hydrogen-bond donors (Lipinski definition) is 1. The second kappa shape index (κ2) is 8.45. The van der Waals surface area contributed by atoms with Crippen LogP contribution in [0.5, 0.6) is 0 Å². The van der Waals surface area contributed by atoms with Crippen LogP contribution in [0, 0.1) is 0 Å². The molecule has 8 heteroatoms. The van der Waals surface area contributed by atoms with E-state index in [0.717, 1.165) is 22.8 Å². The Hall–Kier alpha value is -3.29. The first-order valence-corrected chi connectivity index (χ1v) is 10.7. The first-order valence-electron chi connectivity index (χ1n) is 9.87. The zero-order valence-corrected chi connectivity index (χ0v) is 18.0. The van der Waals surface area contributed by atoms with E-state index in [0.29, 0.717) is 16.7 Å². The molecule has 6 nitrogen and oxygen atoms in total. The van der Waals surface area contributed by atoms with Gasteiger partial charge in [-0.1, -0.05) is 23.7 Å². The Bertz CT molecular complexity index is 1180. The lowest BCUT2D eigenvalue weighted by Gasteiger charge is -2.28. The molecular formula is C23H19ClN6S.